The SMILES string of the molecule is Cc1cc(-c2ccccc2)c2c(n1)-c1ccccc1CC2. The Labute approximate surface area is 125 Å². The number of aryl methyl sites for hydroxylation is 2. The van der Waals surface area contributed by atoms with Gasteiger partial charge in [-0.1, -0.05) is 54.6 Å². The van der Waals surface area contributed by atoms with Gasteiger partial charge in [0, 0.05) is 11.3 Å². The van der Waals surface area contributed by atoms with Crippen LogP contribution >= 0.6 is 0 Å². The number of hydrogen-bond donors (Lipinski definition) is 0. The second-order valence-electron chi connectivity index (χ2n) is 5.66. The Hall–Kier alpha value is -2.41. The van der Waals surface area contributed by atoms with E-state index in [-0.39, 0.29) is 0 Å². The summed E-state index contributed by atoms with van der Waals surface area (Å²) in [5.74, 6) is 0. The summed E-state index contributed by atoms with van der Waals surface area (Å²) in [6.45, 7) is 2.09. The van der Waals surface area contributed by atoms with E-state index in [0.717, 1.165) is 18.5 Å². The third-order valence-electron chi connectivity index (χ3n) is 4.25. The van der Waals surface area contributed by atoms with Gasteiger partial charge in [-0.3, -0.25) is 4.98 Å². The lowest BCUT2D eigenvalue weighted by Gasteiger charge is -2.22. The molecule has 0 N–H and O–H groups in total. The molecule has 0 saturated heterocycles. The third kappa shape index (κ3) is 2.06. The van der Waals surface area contributed by atoms with Crippen LogP contribution in [0.1, 0.15) is 16.8 Å². The number of fused-ring (bicyclic) bond motifs is 3. The average Bonchev–Trinajstić information content (AvgIpc) is 2.55. The number of benzene rings is 2. The molecule has 1 heteroatoms. The van der Waals surface area contributed by atoms with Crippen LogP contribution in [0.25, 0.3) is 22.4 Å². The number of hydrogen-bond acceptors (Lipinski definition) is 1. The van der Waals surface area contributed by atoms with E-state index in [0.29, 0.717) is 0 Å². The van der Waals surface area contributed by atoms with Crippen LogP contribution in [0.15, 0.2) is 60.7 Å². The topological polar surface area (TPSA) is 12.9 Å². The van der Waals surface area contributed by atoms with Gasteiger partial charge in [-0.05, 0) is 48.1 Å². The number of aromatic nitrogens is 1. The van der Waals surface area contributed by atoms with Crippen LogP contribution in [0, 0.1) is 6.92 Å². The largest absolute Gasteiger partial charge is 0.253 e. The molecule has 0 atom stereocenters. The van der Waals surface area contributed by atoms with Gasteiger partial charge in [0.05, 0.1) is 5.69 Å². The zero-order chi connectivity index (χ0) is 14.2. The molecule has 0 amide bonds. The maximum atomic E-state index is 4.84. The van der Waals surface area contributed by atoms with Crippen molar-refractivity contribution in [3.63, 3.8) is 0 Å². The molecule has 0 spiro atoms. The highest BCUT2D eigenvalue weighted by molar-refractivity contribution is 5.79. The van der Waals surface area contributed by atoms with E-state index in [2.05, 4.69) is 67.6 Å². The maximum Gasteiger partial charge on any atom is 0.0746 e. The normalized spacial score (nSPS) is 12.6. The van der Waals surface area contributed by atoms with Crippen molar-refractivity contribution in [2.75, 3.05) is 0 Å². The highest BCUT2D eigenvalue weighted by Gasteiger charge is 2.20. The summed E-state index contributed by atoms with van der Waals surface area (Å²) in [5, 5.41) is 0. The second kappa shape index (κ2) is 4.85. The van der Waals surface area contributed by atoms with Gasteiger partial charge < -0.3 is 0 Å². The monoisotopic (exact) mass is 271 g/mol. The van der Waals surface area contributed by atoms with Crippen molar-refractivity contribution >= 4 is 0 Å². The maximum absolute atomic E-state index is 4.84. The number of pyridine rings is 1. The van der Waals surface area contributed by atoms with Gasteiger partial charge in [-0.2, -0.15) is 0 Å². The number of nitrogens with zero attached hydrogens (tertiary/aromatic N) is 1. The van der Waals surface area contributed by atoms with Crippen LogP contribution in [-0.2, 0) is 12.8 Å². The molecule has 0 unspecified atom stereocenters. The third-order valence-corrected chi connectivity index (χ3v) is 4.25. The average molecular weight is 271 g/mol. The van der Waals surface area contributed by atoms with Crippen molar-refractivity contribution in [3.05, 3.63) is 77.5 Å². The zero-order valence-electron chi connectivity index (χ0n) is 12.1. The molecule has 0 radical (unpaired) electrons. The molecule has 1 nitrogen and oxygen atoms in total. The van der Waals surface area contributed by atoms with E-state index >= 15 is 0 Å². The molecule has 0 bridgehead atoms. The first-order valence-corrected chi connectivity index (χ1v) is 7.47. The number of rotatable bonds is 1. The molecular formula is C20H17N. The van der Waals surface area contributed by atoms with Crippen molar-refractivity contribution < 1.29 is 0 Å². The molecule has 21 heavy (non-hydrogen) atoms. The van der Waals surface area contributed by atoms with Gasteiger partial charge in [0.2, 0.25) is 0 Å². The molecule has 1 aliphatic rings. The predicted octanol–water partition coefficient (Wildman–Crippen LogP) is 4.82. The highest BCUT2D eigenvalue weighted by atomic mass is 14.7. The summed E-state index contributed by atoms with van der Waals surface area (Å²) in [5.41, 5.74) is 9.01. The van der Waals surface area contributed by atoms with E-state index in [1.54, 1.807) is 0 Å². The molecular weight excluding hydrogens is 254 g/mol. The molecule has 0 aliphatic heterocycles. The second-order valence-corrected chi connectivity index (χ2v) is 5.66. The smallest absolute Gasteiger partial charge is 0.0746 e. The standard InChI is InChI=1S/C20H17N/c1-14-13-19(15-7-3-2-4-8-15)18-12-11-16-9-5-6-10-17(16)20(18)21-14/h2-10,13H,11-12H2,1H3. The van der Waals surface area contributed by atoms with Crippen molar-refractivity contribution in [3.8, 4) is 22.4 Å². The first-order valence-electron chi connectivity index (χ1n) is 7.47. The fourth-order valence-electron chi connectivity index (χ4n) is 3.28. The summed E-state index contributed by atoms with van der Waals surface area (Å²) in [7, 11) is 0. The van der Waals surface area contributed by atoms with Crippen LogP contribution in [0.2, 0.25) is 0 Å². The van der Waals surface area contributed by atoms with Gasteiger partial charge in [-0.15, -0.1) is 0 Å². The van der Waals surface area contributed by atoms with Crippen LogP contribution < -0.4 is 0 Å². The first kappa shape index (κ1) is 12.3. The lowest BCUT2D eigenvalue weighted by Crippen LogP contribution is -2.08. The summed E-state index contributed by atoms with van der Waals surface area (Å²) in [6.07, 6.45) is 2.18. The summed E-state index contributed by atoms with van der Waals surface area (Å²) >= 11 is 0. The molecule has 102 valence electrons. The quantitative estimate of drug-likeness (QED) is 0.618. The van der Waals surface area contributed by atoms with Crippen LogP contribution in [0.4, 0.5) is 0 Å². The van der Waals surface area contributed by atoms with E-state index in [9.17, 15) is 0 Å². The minimum Gasteiger partial charge on any atom is -0.253 e. The lowest BCUT2D eigenvalue weighted by atomic mass is 9.84. The van der Waals surface area contributed by atoms with Gasteiger partial charge in [-0.25, -0.2) is 0 Å². The van der Waals surface area contributed by atoms with E-state index in [4.69, 9.17) is 4.98 Å². The zero-order valence-corrected chi connectivity index (χ0v) is 12.1. The van der Waals surface area contributed by atoms with E-state index in [1.165, 1.54) is 33.5 Å². The van der Waals surface area contributed by atoms with E-state index < -0.39 is 0 Å². The fraction of sp³-hybridized carbons (Fsp3) is 0.150. The Morgan fingerprint density at radius 2 is 1.57 bits per heavy atom. The van der Waals surface area contributed by atoms with Gasteiger partial charge in [0.25, 0.3) is 0 Å². The molecule has 1 heterocycles. The molecule has 3 aromatic rings. The van der Waals surface area contributed by atoms with Crippen LogP contribution in [0.5, 0.6) is 0 Å². The highest BCUT2D eigenvalue weighted by Crippen LogP contribution is 2.37. The Morgan fingerprint density at radius 1 is 0.810 bits per heavy atom. The molecule has 0 fully saturated rings. The fourth-order valence-corrected chi connectivity index (χ4v) is 3.28. The Bertz CT molecular complexity index is 786. The summed E-state index contributed by atoms with van der Waals surface area (Å²) in [4.78, 5) is 4.84. The van der Waals surface area contributed by atoms with Gasteiger partial charge in [0.15, 0.2) is 0 Å². The van der Waals surface area contributed by atoms with Crippen molar-refractivity contribution in [1.82, 2.24) is 4.98 Å². The molecule has 2 aromatic carbocycles. The Morgan fingerprint density at radius 3 is 2.43 bits per heavy atom. The lowest BCUT2D eigenvalue weighted by molar-refractivity contribution is 0.924. The molecule has 0 saturated carbocycles. The van der Waals surface area contributed by atoms with Crippen LogP contribution in [-0.4, -0.2) is 4.98 Å². The predicted molar refractivity (Wildman–Crippen MR) is 87.3 cm³/mol. The van der Waals surface area contributed by atoms with E-state index in [1.807, 2.05) is 0 Å². The minimum absolute atomic E-state index is 1.07. The van der Waals surface area contributed by atoms with Crippen LogP contribution in [0.3, 0.4) is 0 Å². The van der Waals surface area contributed by atoms with Crippen molar-refractivity contribution in [2.45, 2.75) is 19.8 Å². The van der Waals surface area contributed by atoms with Crippen molar-refractivity contribution in [2.24, 2.45) is 0 Å². The molecule has 4 rings (SSSR count). The van der Waals surface area contributed by atoms with Gasteiger partial charge in [0.1, 0.15) is 0 Å². The first-order chi connectivity index (χ1) is 10.3. The van der Waals surface area contributed by atoms with Gasteiger partial charge >= 0.3 is 0 Å². The summed E-state index contributed by atoms with van der Waals surface area (Å²) in [6, 6.07) is 21.5. The Balaban J connectivity index is 1.99. The minimum atomic E-state index is 1.07. The molecule has 1 aromatic heterocycles. The summed E-state index contributed by atoms with van der Waals surface area (Å²) < 4.78 is 0. The van der Waals surface area contributed by atoms with Crippen molar-refractivity contribution in [1.29, 1.82) is 0 Å². The molecule has 1 aliphatic carbocycles. The Kier molecular flexibility index (Phi) is 2.85.